The lowest BCUT2D eigenvalue weighted by Gasteiger charge is -2.40. The third-order valence-corrected chi connectivity index (χ3v) is 10.9. The fourth-order valence-corrected chi connectivity index (χ4v) is 8.71. The van der Waals surface area contributed by atoms with Gasteiger partial charge in [0.05, 0.1) is 11.3 Å². The van der Waals surface area contributed by atoms with Crippen LogP contribution in [-0.4, -0.2) is 6.71 Å². The molecule has 0 bridgehead atoms. The monoisotopic (exact) mass is 666 g/mol. The first kappa shape index (κ1) is 27.9. The van der Waals surface area contributed by atoms with Gasteiger partial charge >= 0.3 is 6.71 Å². The molecule has 0 N–H and O–H groups in total. The number of anilines is 6. The quantitative estimate of drug-likeness (QED) is 0.176. The number of hydrogen-bond donors (Lipinski definition) is 0. The summed E-state index contributed by atoms with van der Waals surface area (Å²) in [6.07, 6.45) is 0. The summed E-state index contributed by atoms with van der Waals surface area (Å²) in [6.45, 7) is -0.220. The molecule has 7 aromatic carbocycles. The van der Waals surface area contributed by atoms with Crippen LogP contribution in [0.2, 0.25) is 0 Å². The second-order valence-electron chi connectivity index (χ2n) is 13.6. The van der Waals surface area contributed by atoms with Crippen molar-refractivity contribution in [3.05, 3.63) is 164 Å². The highest BCUT2D eigenvalue weighted by Gasteiger charge is 2.49. The normalized spacial score (nSPS) is 13.3. The van der Waals surface area contributed by atoms with Crippen molar-refractivity contribution in [1.82, 2.24) is 0 Å². The lowest BCUT2D eigenvalue weighted by atomic mass is 9.35. The number of nitrogens with zero attached hydrogens (tertiary/aromatic N) is 2. The molecule has 5 heterocycles. The van der Waals surface area contributed by atoms with Crippen molar-refractivity contribution in [2.45, 2.75) is 0 Å². The van der Waals surface area contributed by atoms with E-state index in [1.54, 1.807) is 0 Å². The summed E-state index contributed by atoms with van der Waals surface area (Å²) in [5, 5.41) is 4.35. The molecule has 0 unspecified atom stereocenters. The van der Waals surface area contributed by atoms with E-state index in [4.69, 9.17) is 13.3 Å². The third-order valence-electron chi connectivity index (χ3n) is 10.9. The van der Waals surface area contributed by atoms with Crippen LogP contribution in [0.15, 0.2) is 177 Å². The molecule has 0 fully saturated rings. The molecule has 2 aliphatic heterocycles. The van der Waals surface area contributed by atoms with Gasteiger partial charge in [-0.15, -0.1) is 0 Å². The first-order chi connectivity index (χ1) is 25.8. The zero-order valence-electron chi connectivity index (χ0n) is 27.8. The van der Waals surface area contributed by atoms with Crippen LogP contribution in [0.4, 0.5) is 34.3 Å². The Hall–Kier alpha value is -6.92. The molecule has 0 spiro atoms. The van der Waals surface area contributed by atoms with Gasteiger partial charge in [-0.05, 0) is 77.8 Å². The smallest absolute Gasteiger partial charge is 0.302 e. The SMILES string of the molecule is c1ccc(N2c3cccc4c3B(c3oc5ccccc5c3N4c3ccccc3)c3c2oc2ccc(-c4cccc5c4oc4ccccc45)cc32)cc1. The fraction of sp³-hybridized carbons (Fsp3) is 0. The van der Waals surface area contributed by atoms with Crippen molar-refractivity contribution in [3.63, 3.8) is 0 Å². The largest absolute Gasteiger partial charge is 0.468 e. The van der Waals surface area contributed by atoms with E-state index >= 15 is 0 Å². The summed E-state index contributed by atoms with van der Waals surface area (Å²) < 4.78 is 20.5. The summed E-state index contributed by atoms with van der Waals surface area (Å²) in [6, 6.07) is 57.3. The maximum Gasteiger partial charge on any atom is 0.302 e. The van der Waals surface area contributed by atoms with Crippen LogP contribution in [0.1, 0.15) is 0 Å². The van der Waals surface area contributed by atoms with Crippen molar-refractivity contribution in [2.75, 3.05) is 9.80 Å². The number of rotatable bonds is 3. The Bertz CT molecular complexity index is 3050. The summed E-state index contributed by atoms with van der Waals surface area (Å²) in [7, 11) is 0. The van der Waals surface area contributed by atoms with Gasteiger partial charge in [0.15, 0.2) is 0 Å². The minimum Gasteiger partial charge on any atom is -0.468 e. The maximum atomic E-state index is 7.00. The lowest BCUT2D eigenvalue weighted by Crippen LogP contribution is -2.60. The molecule has 5 nitrogen and oxygen atoms in total. The molecule has 2 aliphatic rings. The van der Waals surface area contributed by atoms with Crippen molar-refractivity contribution in [1.29, 1.82) is 0 Å². The summed E-state index contributed by atoms with van der Waals surface area (Å²) in [5.41, 5.74) is 14.1. The first-order valence-electron chi connectivity index (χ1n) is 17.6. The highest BCUT2D eigenvalue weighted by atomic mass is 16.4. The maximum absolute atomic E-state index is 7.00. The Morgan fingerprint density at radius 2 is 1.04 bits per heavy atom. The van der Waals surface area contributed by atoms with Gasteiger partial charge in [-0.1, -0.05) is 97.1 Å². The van der Waals surface area contributed by atoms with Crippen LogP contribution in [0.5, 0.6) is 0 Å². The number of hydrogen-bond acceptors (Lipinski definition) is 5. The second-order valence-corrected chi connectivity index (χ2v) is 13.6. The Morgan fingerprint density at radius 1 is 0.423 bits per heavy atom. The fourth-order valence-electron chi connectivity index (χ4n) is 8.71. The van der Waals surface area contributed by atoms with Crippen LogP contribution in [0, 0.1) is 0 Å². The molecule has 52 heavy (non-hydrogen) atoms. The van der Waals surface area contributed by atoms with Crippen LogP contribution < -0.4 is 26.4 Å². The number of furan rings is 3. The molecule has 0 saturated carbocycles. The minimum absolute atomic E-state index is 0.220. The molecule has 6 heteroatoms. The standard InChI is InChI=1S/C46H27BN2O3/c1-3-13-29(14-4-1)48-36-21-12-22-37-42(36)47(45-43(48)34-18-8-10-24-39(34)51-45)41-35-27-28(25-26-40(35)52-46(41)49(37)30-15-5-2-6-16-30)31-19-11-20-33-32-17-7-9-23-38(32)50-44(31)33/h1-27H. The molecule has 0 amide bonds. The highest BCUT2D eigenvalue weighted by Crippen LogP contribution is 2.48. The molecule has 242 valence electrons. The molecule has 3 aromatic heterocycles. The summed E-state index contributed by atoms with van der Waals surface area (Å²) in [5.74, 6) is 0.800. The summed E-state index contributed by atoms with van der Waals surface area (Å²) in [4.78, 5) is 4.65. The van der Waals surface area contributed by atoms with E-state index < -0.39 is 0 Å². The van der Waals surface area contributed by atoms with E-state index in [0.29, 0.717) is 0 Å². The van der Waals surface area contributed by atoms with Gasteiger partial charge in [-0.25, -0.2) is 0 Å². The highest BCUT2D eigenvalue weighted by molar-refractivity contribution is 7.01. The van der Waals surface area contributed by atoms with Gasteiger partial charge in [0.25, 0.3) is 0 Å². The topological polar surface area (TPSA) is 45.9 Å². The van der Waals surface area contributed by atoms with Crippen LogP contribution in [0.25, 0.3) is 55.0 Å². The first-order valence-corrected chi connectivity index (χ1v) is 17.6. The number of benzene rings is 7. The predicted molar refractivity (Wildman–Crippen MR) is 213 cm³/mol. The van der Waals surface area contributed by atoms with E-state index in [9.17, 15) is 0 Å². The molecule has 0 aliphatic carbocycles. The van der Waals surface area contributed by atoms with Crippen LogP contribution >= 0.6 is 0 Å². The number of para-hydroxylation sites is 5. The zero-order valence-corrected chi connectivity index (χ0v) is 27.8. The molecule has 0 atom stereocenters. The minimum atomic E-state index is -0.220. The molecular formula is C46H27BN2O3. The van der Waals surface area contributed by atoms with Gasteiger partial charge in [-0.2, -0.15) is 0 Å². The Labute approximate surface area is 298 Å². The average molecular weight is 667 g/mol. The van der Waals surface area contributed by atoms with E-state index in [1.165, 1.54) is 5.46 Å². The third kappa shape index (κ3) is 3.68. The van der Waals surface area contributed by atoms with Crippen molar-refractivity contribution in [2.24, 2.45) is 0 Å². The Balaban J connectivity index is 1.18. The molecule has 10 aromatic rings. The van der Waals surface area contributed by atoms with Crippen molar-refractivity contribution >= 4 is 101 Å². The van der Waals surface area contributed by atoms with Crippen molar-refractivity contribution in [3.8, 4) is 11.1 Å². The Kier molecular flexibility index (Phi) is 5.52. The molecule has 0 radical (unpaired) electrons. The van der Waals surface area contributed by atoms with E-state index in [1.807, 2.05) is 18.2 Å². The zero-order chi connectivity index (χ0) is 33.9. The summed E-state index contributed by atoms with van der Waals surface area (Å²) >= 11 is 0. The lowest BCUT2D eigenvalue weighted by molar-refractivity contribution is 0.622. The van der Waals surface area contributed by atoms with Crippen LogP contribution in [-0.2, 0) is 0 Å². The molecular weight excluding hydrogens is 639 g/mol. The van der Waals surface area contributed by atoms with Gasteiger partial charge in [0.1, 0.15) is 22.3 Å². The van der Waals surface area contributed by atoms with Crippen molar-refractivity contribution < 1.29 is 13.3 Å². The van der Waals surface area contributed by atoms with Crippen LogP contribution in [0.3, 0.4) is 0 Å². The predicted octanol–water partition coefficient (Wildman–Crippen LogP) is 10.8. The molecule has 0 saturated heterocycles. The van der Waals surface area contributed by atoms with E-state index in [-0.39, 0.29) is 6.71 Å². The number of fused-ring (bicyclic) bond motifs is 11. The van der Waals surface area contributed by atoms with E-state index in [2.05, 4.69) is 155 Å². The van der Waals surface area contributed by atoms with E-state index in [0.717, 1.165) is 100 Å². The van der Waals surface area contributed by atoms with Gasteiger partial charge in [0, 0.05) is 55.3 Å². The molecule has 12 rings (SSSR count). The second kappa shape index (κ2) is 10.3. The average Bonchev–Trinajstić information content (AvgIpc) is 3.90. The van der Waals surface area contributed by atoms with Gasteiger partial charge in [0.2, 0.25) is 5.88 Å². The van der Waals surface area contributed by atoms with Gasteiger partial charge in [-0.3, -0.25) is 4.90 Å². The Morgan fingerprint density at radius 3 is 1.83 bits per heavy atom. The van der Waals surface area contributed by atoms with Gasteiger partial charge < -0.3 is 18.2 Å².